The van der Waals surface area contributed by atoms with E-state index < -0.39 is 5.97 Å². The first-order chi connectivity index (χ1) is 12.5. The molecule has 0 spiro atoms. The molecule has 0 radical (unpaired) electrons. The SMILES string of the molecule is CCc1ccccc1Nc1nc(N)nc(COC(=O)c2ccc(C)s2)n1. The summed E-state index contributed by atoms with van der Waals surface area (Å²) in [5.74, 6) is 0.259. The summed E-state index contributed by atoms with van der Waals surface area (Å²) in [5.41, 5.74) is 7.80. The van der Waals surface area contributed by atoms with Crippen LogP contribution in [0.15, 0.2) is 36.4 Å². The van der Waals surface area contributed by atoms with Gasteiger partial charge in [-0.2, -0.15) is 15.0 Å². The topological polar surface area (TPSA) is 103 Å². The van der Waals surface area contributed by atoms with Gasteiger partial charge in [-0.3, -0.25) is 0 Å². The van der Waals surface area contributed by atoms with Gasteiger partial charge in [0.05, 0.1) is 0 Å². The van der Waals surface area contributed by atoms with E-state index in [9.17, 15) is 4.79 Å². The van der Waals surface area contributed by atoms with Gasteiger partial charge in [0, 0.05) is 10.6 Å². The van der Waals surface area contributed by atoms with Crippen molar-refractivity contribution in [2.45, 2.75) is 26.9 Å². The van der Waals surface area contributed by atoms with Crippen molar-refractivity contribution >= 4 is 34.9 Å². The minimum absolute atomic E-state index is 0.0643. The Labute approximate surface area is 155 Å². The lowest BCUT2D eigenvalue weighted by Gasteiger charge is -2.10. The number of hydrogen-bond acceptors (Lipinski definition) is 8. The molecule has 3 N–H and O–H groups in total. The van der Waals surface area contributed by atoms with Crippen LogP contribution in [0.5, 0.6) is 0 Å². The molecular formula is C18H19N5O2S. The third kappa shape index (κ3) is 4.34. The number of nitrogens with zero attached hydrogens (tertiary/aromatic N) is 3. The molecule has 7 nitrogen and oxygen atoms in total. The summed E-state index contributed by atoms with van der Waals surface area (Å²) in [6, 6.07) is 11.5. The number of nitrogen functional groups attached to an aromatic ring is 1. The smallest absolute Gasteiger partial charge is 0.348 e. The van der Waals surface area contributed by atoms with Crippen LogP contribution in [0.1, 0.15) is 32.9 Å². The maximum atomic E-state index is 12.0. The number of carbonyl (C=O) groups excluding carboxylic acids is 1. The van der Waals surface area contributed by atoms with Crippen molar-refractivity contribution in [3.63, 3.8) is 0 Å². The number of anilines is 3. The Morgan fingerprint density at radius 2 is 2.00 bits per heavy atom. The van der Waals surface area contributed by atoms with Crippen molar-refractivity contribution in [1.82, 2.24) is 15.0 Å². The predicted octanol–water partition coefficient (Wildman–Crippen LogP) is 3.49. The molecule has 0 aliphatic heterocycles. The van der Waals surface area contributed by atoms with Gasteiger partial charge in [0.1, 0.15) is 4.88 Å². The Morgan fingerprint density at radius 1 is 1.19 bits per heavy atom. The summed E-state index contributed by atoms with van der Waals surface area (Å²) < 4.78 is 5.27. The quantitative estimate of drug-likeness (QED) is 0.641. The summed E-state index contributed by atoms with van der Waals surface area (Å²) in [5, 5.41) is 3.15. The minimum Gasteiger partial charge on any atom is -0.453 e. The fourth-order valence-electron chi connectivity index (χ4n) is 2.37. The Balaban J connectivity index is 1.72. The average molecular weight is 369 g/mol. The van der Waals surface area contributed by atoms with Gasteiger partial charge in [-0.25, -0.2) is 4.79 Å². The molecule has 0 amide bonds. The highest BCUT2D eigenvalue weighted by molar-refractivity contribution is 7.13. The Morgan fingerprint density at radius 3 is 2.73 bits per heavy atom. The molecule has 0 atom stereocenters. The van der Waals surface area contributed by atoms with Crippen LogP contribution < -0.4 is 11.1 Å². The molecular weight excluding hydrogens is 350 g/mol. The van der Waals surface area contributed by atoms with Crippen molar-refractivity contribution in [2.75, 3.05) is 11.1 Å². The van der Waals surface area contributed by atoms with Crippen LogP contribution in [-0.4, -0.2) is 20.9 Å². The summed E-state index contributed by atoms with van der Waals surface area (Å²) >= 11 is 1.38. The first-order valence-electron chi connectivity index (χ1n) is 8.14. The van der Waals surface area contributed by atoms with Crippen molar-refractivity contribution in [2.24, 2.45) is 0 Å². The van der Waals surface area contributed by atoms with Crippen LogP contribution in [0.2, 0.25) is 0 Å². The summed E-state index contributed by atoms with van der Waals surface area (Å²) in [4.78, 5) is 26.0. The van der Waals surface area contributed by atoms with E-state index in [0.717, 1.165) is 22.5 Å². The second kappa shape index (κ2) is 7.92. The number of aromatic nitrogens is 3. The lowest BCUT2D eigenvalue weighted by atomic mass is 10.1. The van der Waals surface area contributed by atoms with Crippen LogP contribution in [0.4, 0.5) is 17.6 Å². The van der Waals surface area contributed by atoms with Gasteiger partial charge in [-0.05, 0) is 37.1 Å². The largest absolute Gasteiger partial charge is 0.453 e. The molecule has 2 aromatic heterocycles. The molecule has 0 aliphatic rings. The normalized spacial score (nSPS) is 10.5. The van der Waals surface area contributed by atoms with Crippen LogP contribution in [0.25, 0.3) is 0 Å². The lowest BCUT2D eigenvalue weighted by molar-refractivity contribution is 0.0468. The van der Waals surface area contributed by atoms with E-state index in [-0.39, 0.29) is 18.4 Å². The number of rotatable bonds is 6. The third-order valence-corrected chi connectivity index (χ3v) is 4.60. The highest BCUT2D eigenvalue weighted by atomic mass is 32.1. The second-order valence-electron chi connectivity index (χ2n) is 5.56. The van der Waals surface area contributed by atoms with Gasteiger partial charge in [-0.15, -0.1) is 11.3 Å². The molecule has 0 unspecified atom stereocenters. The van der Waals surface area contributed by atoms with E-state index in [4.69, 9.17) is 10.5 Å². The molecule has 1 aromatic carbocycles. The molecule has 8 heteroatoms. The fraction of sp³-hybridized carbons (Fsp3) is 0.222. The number of para-hydroxylation sites is 1. The van der Waals surface area contributed by atoms with Gasteiger partial charge >= 0.3 is 5.97 Å². The monoisotopic (exact) mass is 369 g/mol. The number of carbonyl (C=O) groups is 1. The van der Waals surface area contributed by atoms with Crippen LogP contribution in [-0.2, 0) is 17.8 Å². The van der Waals surface area contributed by atoms with E-state index in [1.807, 2.05) is 37.3 Å². The van der Waals surface area contributed by atoms with Crippen LogP contribution in [0.3, 0.4) is 0 Å². The minimum atomic E-state index is -0.409. The molecule has 2 heterocycles. The van der Waals surface area contributed by atoms with Gasteiger partial charge in [-0.1, -0.05) is 25.1 Å². The number of nitrogens with one attached hydrogen (secondary N) is 1. The number of esters is 1. The van der Waals surface area contributed by atoms with Crippen molar-refractivity contribution in [1.29, 1.82) is 0 Å². The molecule has 0 saturated carbocycles. The number of ether oxygens (including phenoxy) is 1. The van der Waals surface area contributed by atoms with Crippen molar-refractivity contribution in [3.05, 3.63) is 57.5 Å². The van der Waals surface area contributed by atoms with E-state index in [1.54, 1.807) is 6.07 Å². The summed E-state index contributed by atoms with van der Waals surface area (Å²) in [7, 11) is 0. The number of hydrogen-bond donors (Lipinski definition) is 2. The van der Waals surface area contributed by atoms with Gasteiger partial charge in [0.15, 0.2) is 12.4 Å². The first kappa shape index (κ1) is 17.8. The highest BCUT2D eigenvalue weighted by Gasteiger charge is 2.12. The second-order valence-corrected chi connectivity index (χ2v) is 6.84. The Hall–Kier alpha value is -3.00. The third-order valence-electron chi connectivity index (χ3n) is 3.62. The zero-order valence-corrected chi connectivity index (χ0v) is 15.3. The molecule has 0 fully saturated rings. The van der Waals surface area contributed by atoms with Crippen molar-refractivity contribution in [3.8, 4) is 0 Å². The molecule has 0 saturated heterocycles. The predicted molar refractivity (Wildman–Crippen MR) is 102 cm³/mol. The Kier molecular flexibility index (Phi) is 5.43. The zero-order valence-electron chi connectivity index (χ0n) is 14.5. The van der Waals surface area contributed by atoms with E-state index >= 15 is 0 Å². The number of aryl methyl sites for hydroxylation is 2. The Bertz CT molecular complexity index is 925. The van der Waals surface area contributed by atoms with Crippen LogP contribution >= 0.6 is 11.3 Å². The molecule has 0 bridgehead atoms. The zero-order chi connectivity index (χ0) is 18.5. The first-order valence-corrected chi connectivity index (χ1v) is 8.95. The molecule has 3 rings (SSSR count). The van der Waals surface area contributed by atoms with Gasteiger partial charge < -0.3 is 15.8 Å². The average Bonchev–Trinajstić information content (AvgIpc) is 3.06. The molecule has 26 heavy (non-hydrogen) atoms. The van der Waals surface area contributed by atoms with Gasteiger partial charge in [0.2, 0.25) is 11.9 Å². The highest BCUT2D eigenvalue weighted by Crippen LogP contribution is 2.20. The van der Waals surface area contributed by atoms with E-state index in [1.165, 1.54) is 11.3 Å². The van der Waals surface area contributed by atoms with Gasteiger partial charge in [0.25, 0.3) is 0 Å². The maximum Gasteiger partial charge on any atom is 0.348 e. The number of thiophene rings is 1. The maximum absolute atomic E-state index is 12.0. The molecule has 0 aliphatic carbocycles. The summed E-state index contributed by atoms with van der Waals surface area (Å²) in [6.45, 7) is 3.92. The standard InChI is InChI=1S/C18H19N5O2S/c1-3-12-6-4-5-7-13(12)20-18-22-15(21-17(19)23-18)10-25-16(24)14-9-8-11(2)26-14/h4-9H,3,10H2,1-2H3,(H3,19,20,21,22,23). The fourth-order valence-corrected chi connectivity index (χ4v) is 3.14. The number of benzene rings is 1. The molecule has 3 aromatic rings. The van der Waals surface area contributed by atoms with Crippen LogP contribution in [0, 0.1) is 6.92 Å². The van der Waals surface area contributed by atoms with Crippen molar-refractivity contribution < 1.29 is 9.53 Å². The van der Waals surface area contributed by atoms with E-state index in [2.05, 4.69) is 27.2 Å². The van der Waals surface area contributed by atoms with E-state index in [0.29, 0.717) is 10.8 Å². The number of nitrogens with two attached hydrogens (primary N) is 1. The summed E-state index contributed by atoms with van der Waals surface area (Å²) in [6.07, 6.45) is 0.869. The molecule has 134 valence electrons. The lowest BCUT2D eigenvalue weighted by Crippen LogP contribution is -2.11.